The smallest absolute Gasteiger partial charge is 0.213 e. The van der Waals surface area contributed by atoms with Crippen LogP contribution in [0.1, 0.15) is 44.1 Å². The number of halogens is 1. The molecule has 2 saturated carbocycles. The molecule has 3 rings (SSSR count). The summed E-state index contributed by atoms with van der Waals surface area (Å²) < 4.78 is 11.7. The minimum absolute atomic E-state index is 0. The van der Waals surface area contributed by atoms with Gasteiger partial charge in [-0.05, 0) is 56.1 Å². The highest BCUT2D eigenvalue weighted by molar-refractivity contribution is 14.0. The lowest BCUT2D eigenvalue weighted by Crippen LogP contribution is -2.40. The molecule has 0 saturated heterocycles. The van der Waals surface area contributed by atoms with Crippen molar-refractivity contribution in [1.82, 2.24) is 15.2 Å². The Labute approximate surface area is 180 Å². The Hall–Kier alpha value is -1.09. The molecule has 1 aromatic rings. The Morgan fingerprint density at radius 3 is 2.78 bits per heavy atom. The van der Waals surface area contributed by atoms with Crippen molar-refractivity contribution in [2.24, 2.45) is 10.9 Å². The summed E-state index contributed by atoms with van der Waals surface area (Å²) in [6.45, 7) is 3.17. The lowest BCUT2D eigenvalue weighted by Gasteiger charge is -2.22. The van der Waals surface area contributed by atoms with Crippen LogP contribution >= 0.6 is 24.0 Å². The van der Waals surface area contributed by atoms with Gasteiger partial charge in [0.15, 0.2) is 5.96 Å². The largest absolute Gasteiger partial charge is 0.474 e. The summed E-state index contributed by atoms with van der Waals surface area (Å²) in [6, 6.07) is 4.04. The average Bonchev–Trinajstić information content (AvgIpc) is 3.34. The highest BCUT2D eigenvalue weighted by Gasteiger charge is 2.21. The first kappa shape index (κ1) is 22.2. The van der Waals surface area contributed by atoms with Crippen LogP contribution in [0.25, 0.3) is 0 Å². The van der Waals surface area contributed by atoms with Crippen LogP contribution in [-0.4, -0.2) is 55.8 Å². The topological polar surface area (TPSA) is 59.0 Å². The van der Waals surface area contributed by atoms with E-state index < -0.39 is 0 Å². The van der Waals surface area contributed by atoms with Gasteiger partial charge in [-0.2, -0.15) is 0 Å². The van der Waals surface area contributed by atoms with Crippen LogP contribution in [0, 0.1) is 5.92 Å². The zero-order valence-electron chi connectivity index (χ0n) is 16.5. The summed E-state index contributed by atoms with van der Waals surface area (Å²) in [5.74, 6) is 2.41. The van der Waals surface area contributed by atoms with Gasteiger partial charge in [-0.1, -0.05) is 0 Å². The molecule has 0 spiro atoms. The fourth-order valence-electron chi connectivity index (χ4n) is 3.21. The van der Waals surface area contributed by atoms with Crippen molar-refractivity contribution in [2.45, 2.75) is 51.2 Å². The second kappa shape index (κ2) is 11.7. The summed E-state index contributed by atoms with van der Waals surface area (Å²) in [7, 11) is 3.85. The first-order valence-electron chi connectivity index (χ1n) is 9.85. The van der Waals surface area contributed by atoms with Gasteiger partial charge in [0.2, 0.25) is 5.88 Å². The maximum Gasteiger partial charge on any atom is 0.213 e. The van der Waals surface area contributed by atoms with E-state index in [1.807, 2.05) is 32.4 Å². The maximum atomic E-state index is 5.99. The third kappa shape index (κ3) is 7.81. The summed E-state index contributed by atoms with van der Waals surface area (Å²) in [5, 5.41) is 3.41. The normalized spacial score (nSPS) is 17.5. The average molecular weight is 488 g/mol. The second-order valence-corrected chi connectivity index (χ2v) is 7.37. The van der Waals surface area contributed by atoms with Crippen molar-refractivity contribution in [3.63, 3.8) is 0 Å². The first-order valence-corrected chi connectivity index (χ1v) is 9.85. The number of likely N-dealkylation sites (N-methyl/N-ethyl adjacent to an activating group) is 1. The molecule has 2 aliphatic rings. The van der Waals surface area contributed by atoms with E-state index >= 15 is 0 Å². The van der Waals surface area contributed by atoms with Gasteiger partial charge in [0.05, 0.1) is 6.61 Å². The minimum Gasteiger partial charge on any atom is -0.474 e. The van der Waals surface area contributed by atoms with Crippen molar-refractivity contribution in [3.8, 4) is 5.88 Å². The molecule has 152 valence electrons. The van der Waals surface area contributed by atoms with Crippen molar-refractivity contribution in [3.05, 3.63) is 23.9 Å². The van der Waals surface area contributed by atoms with Gasteiger partial charge in [0.25, 0.3) is 0 Å². The lowest BCUT2D eigenvalue weighted by atomic mass is 10.2. The number of rotatable bonds is 9. The van der Waals surface area contributed by atoms with Crippen molar-refractivity contribution >= 4 is 29.9 Å². The molecule has 0 radical (unpaired) electrons. The van der Waals surface area contributed by atoms with E-state index in [-0.39, 0.29) is 24.0 Å². The molecule has 27 heavy (non-hydrogen) atoms. The van der Waals surface area contributed by atoms with Gasteiger partial charge in [0.1, 0.15) is 6.10 Å². The quantitative estimate of drug-likeness (QED) is 0.250. The Bertz CT molecular complexity index is 589. The van der Waals surface area contributed by atoms with Crippen LogP contribution in [-0.2, 0) is 11.3 Å². The molecule has 1 N–H and O–H groups in total. The summed E-state index contributed by atoms with van der Waals surface area (Å²) in [5.41, 5.74) is 1.15. The first-order chi connectivity index (χ1) is 12.7. The molecule has 0 aliphatic heterocycles. The predicted molar refractivity (Wildman–Crippen MR) is 119 cm³/mol. The van der Waals surface area contributed by atoms with Gasteiger partial charge in [-0.25, -0.2) is 4.98 Å². The zero-order chi connectivity index (χ0) is 18.2. The van der Waals surface area contributed by atoms with E-state index in [1.54, 1.807) is 0 Å². The van der Waals surface area contributed by atoms with Gasteiger partial charge >= 0.3 is 0 Å². The Kier molecular flexibility index (Phi) is 9.61. The molecule has 2 fully saturated rings. The molecular formula is C20H33IN4O2. The number of hydrogen-bond acceptors (Lipinski definition) is 4. The van der Waals surface area contributed by atoms with Crippen molar-refractivity contribution in [2.75, 3.05) is 33.9 Å². The van der Waals surface area contributed by atoms with Crippen LogP contribution in [0.15, 0.2) is 23.3 Å². The monoisotopic (exact) mass is 488 g/mol. The highest BCUT2D eigenvalue weighted by Crippen LogP contribution is 2.28. The molecule has 2 aliphatic carbocycles. The molecule has 7 heteroatoms. The van der Waals surface area contributed by atoms with E-state index in [9.17, 15) is 0 Å². The Balaban J connectivity index is 0.00000261. The van der Waals surface area contributed by atoms with E-state index in [2.05, 4.69) is 20.2 Å². The number of aliphatic imine (C=N–C) groups is 1. The molecule has 1 aromatic heterocycles. The molecule has 0 aromatic carbocycles. The number of nitrogens with one attached hydrogen (secondary N) is 1. The summed E-state index contributed by atoms with van der Waals surface area (Å²) in [6.07, 6.45) is 9.63. The van der Waals surface area contributed by atoms with Crippen molar-refractivity contribution in [1.29, 1.82) is 0 Å². The third-order valence-electron chi connectivity index (χ3n) is 5.03. The number of nitrogens with zero attached hydrogens (tertiary/aromatic N) is 3. The standard InChI is InChI=1S/C20H32N4O2.HI/c1-21-20(24(2)11-12-25-15-16-7-8-16)23-14-17-9-10-22-19(13-17)26-18-5-3-4-6-18;/h9-10,13,16,18H,3-8,11-12,14-15H2,1-2H3,(H,21,23);1H. The maximum absolute atomic E-state index is 5.99. The van der Waals surface area contributed by atoms with Gasteiger partial charge in [-0.15, -0.1) is 24.0 Å². The Morgan fingerprint density at radius 2 is 2.07 bits per heavy atom. The predicted octanol–water partition coefficient (Wildman–Crippen LogP) is 3.45. The van der Waals surface area contributed by atoms with Crippen LogP contribution in [0.4, 0.5) is 0 Å². The summed E-state index contributed by atoms with van der Waals surface area (Å²) in [4.78, 5) is 10.8. The number of guanidine groups is 1. The minimum atomic E-state index is 0. The Morgan fingerprint density at radius 1 is 1.30 bits per heavy atom. The fraction of sp³-hybridized carbons (Fsp3) is 0.700. The third-order valence-corrected chi connectivity index (χ3v) is 5.03. The van der Waals surface area contributed by atoms with E-state index in [1.165, 1.54) is 25.7 Å². The van der Waals surface area contributed by atoms with E-state index in [4.69, 9.17) is 9.47 Å². The van der Waals surface area contributed by atoms with Crippen LogP contribution in [0.3, 0.4) is 0 Å². The van der Waals surface area contributed by atoms with Gasteiger partial charge in [0, 0.05) is 46.1 Å². The number of hydrogen-bond donors (Lipinski definition) is 1. The number of aromatic nitrogens is 1. The van der Waals surface area contributed by atoms with Gasteiger partial charge < -0.3 is 19.7 Å². The van der Waals surface area contributed by atoms with E-state index in [0.29, 0.717) is 12.6 Å². The number of pyridine rings is 1. The molecule has 1 heterocycles. The fourth-order valence-corrected chi connectivity index (χ4v) is 3.21. The molecule has 0 unspecified atom stereocenters. The van der Waals surface area contributed by atoms with Crippen molar-refractivity contribution < 1.29 is 9.47 Å². The van der Waals surface area contributed by atoms with E-state index in [0.717, 1.165) is 55.9 Å². The molecule has 6 nitrogen and oxygen atoms in total. The van der Waals surface area contributed by atoms with Crippen LogP contribution < -0.4 is 10.1 Å². The summed E-state index contributed by atoms with van der Waals surface area (Å²) >= 11 is 0. The molecule has 0 bridgehead atoms. The zero-order valence-corrected chi connectivity index (χ0v) is 18.9. The highest BCUT2D eigenvalue weighted by atomic mass is 127. The lowest BCUT2D eigenvalue weighted by molar-refractivity contribution is 0.115. The second-order valence-electron chi connectivity index (χ2n) is 7.37. The molecular weight excluding hydrogens is 455 g/mol. The molecule has 0 atom stereocenters. The number of ether oxygens (including phenoxy) is 2. The van der Waals surface area contributed by atoms with Gasteiger partial charge in [-0.3, -0.25) is 4.99 Å². The SMILES string of the molecule is CN=C(NCc1ccnc(OC2CCCC2)c1)N(C)CCOCC1CC1.I. The molecule has 0 amide bonds. The van der Waals surface area contributed by atoms with Crippen LogP contribution in [0.5, 0.6) is 5.88 Å². The van der Waals surface area contributed by atoms with Crippen LogP contribution in [0.2, 0.25) is 0 Å².